The monoisotopic (exact) mass is 548 g/mol. The number of fused-ring (bicyclic) bond motifs is 1. The molecule has 3 aromatic carbocycles. The Bertz CT molecular complexity index is 1500. The number of amides is 3. The summed E-state index contributed by atoms with van der Waals surface area (Å²) in [4.78, 5) is 38.4. The van der Waals surface area contributed by atoms with Crippen LogP contribution >= 0.6 is 46.4 Å². The zero-order valence-electron chi connectivity index (χ0n) is 18.0. The van der Waals surface area contributed by atoms with Crippen molar-refractivity contribution in [3.63, 3.8) is 0 Å². The van der Waals surface area contributed by atoms with Crippen LogP contribution in [0.15, 0.2) is 60.7 Å². The van der Waals surface area contributed by atoms with E-state index in [-0.39, 0.29) is 10.7 Å². The van der Waals surface area contributed by atoms with Crippen LogP contribution in [0, 0.1) is 6.92 Å². The van der Waals surface area contributed by atoms with Crippen LogP contribution in [0.25, 0.3) is 10.9 Å². The number of anilines is 2. The quantitative estimate of drug-likeness (QED) is 0.253. The lowest BCUT2D eigenvalue weighted by atomic mass is 10.2. The van der Waals surface area contributed by atoms with Gasteiger partial charge in [-0.15, -0.1) is 0 Å². The number of hydrogen-bond acceptors (Lipinski definition) is 3. The largest absolute Gasteiger partial charge is 0.328 e. The van der Waals surface area contributed by atoms with Crippen LogP contribution in [0.5, 0.6) is 0 Å². The van der Waals surface area contributed by atoms with E-state index in [1.54, 1.807) is 36.4 Å². The summed E-state index contributed by atoms with van der Waals surface area (Å²) in [6.07, 6.45) is 0. The van der Waals surface area contributed by atoms with Gasteiger partial charge in [0, 0.05) is 26.8 Å². The number of hydrogen-bond donors (Lipinski definition) is 3. The van der Waals surface area contributed by atoms with Crippen molar-refractivity contribution in [3.05, 3.63) is 92.0 Å². The van der Waals surface area contributed by atoms with Crippen molar-refractivity contribution in [3.8, 4) is 0 Å². The lowest BCUT2D eigenvalue weighted by molar-refractivity contribution is -0.133. The molecule has 3 N–H and O–H groups in total. The Labute approximate surface area is 219 Å². The van der Waals surface area contributed by atoms with Crippen LogP contribution in [-0.2, 0) is 9.59 Å². The number of rotatable bonds is 4. The van der Waals surface area contributed by atoms with Gasteiger partial charge in [-0.2, -0.15) is 0 Å². The Morgan fingerprint density at radius 2 is 1.40 bits per heavy atom. The fraction of sp³-hybridized carbons (Fsp3) is 0.0417. The van der Waals surface area contributed by atoms with E-state index in [2.05, 4.69) is 16.1 Å². The summed E-state index contributed by atoms with van der Waals surface area (Å²) in [6, 6.07) is 15.9. The van der Waals surface area contributed by atoms with Crippen LogP contribution in [-0.4, -0.2) is 22.4 Å². The van der Waals surface area contributed by atoms with E-state index in [1.807, 2.05) is 6.92 Å². The molecule has 35 heavy (non-hydrogen) atoms. The molecule has 0 bridgehead atoms. The highest BCUT2D eigenvalue weighted by molar-refractivity contribution is 6.43. The normalized spacial score (nSPS) is 10.8. The summed E-state index contributed by atoms with van der Waals surface area (Å²) < 4.78 is 1.21. The van der Waals surface area contributed by atoms with Crippen molar-refractivity contribution in [2.45, 2.75) is 6.92 Å². The van der Waals surface area contributed by atoms with Gasteiger partial charge in [0.15, 0.2) is 0 Å². The van der Waals surface area contributed by atoms with Gasteiger partial charge < -0.3 is 10.6 Å². The van der Waals surface area contributed by atoms with E-state index < -0.39 is 17.7 Å². The second-order valence-corrected chi connectivity index (χ2v) is 9.17. The smallest absolute Gasteiger partial charge is 0.321 e. The Balaban J connectivity index is 1.62. The molecule has 7 nitrogen and oxygen atoms in total. The third kappa shape index (κ3) is 5.55. The zero-order chi connectivity index (χ0) is 25.3. The number of nitrogens with zero attached hydrogens (tertiary/aromatic N) is 1. The van der Waals surface area contributed by atoms with E-state index in [0.29, 0.717) is 37.3 Å². The summed E-state index contributed by atoms with van der Waals surface area (Å²) >= 11 is 24.1. The van der Waals surface area contributed by atoms with E-state index in [9.17, 15) is 14.4 Å². The van der Waals surface area contributed by atoms with Crippen molar-refractivity contribution in [1.29, 1.82) is 0 Å². The molecule has 178 valence electrons. The average molecular weight is 550 g/mol. The predicted molar refractivity (Wildman–Crippen MR) is 141 cm³/mol. The number of nitrogens with one attached hydrogen (secondary N) is 3. The molecule has 1 heterocycles. The number of aryl methyl sites for hydroxylation is 1. The molecule has 0 radical (unpaired) electrons. The van der Waals surface area contributed by atoms with E-state index in [0.717, 1.165) is 5.56 Å². The first kappa shape index (κ1) is 24.9. The second-order valence-electron chi connectivity index (χ2n) is 7.51. The third-order valence-corrected chi connectivity index (χ3v) is 6.40. The first-order valence-electron chi connectivity index (χ1n) is 10.1. The van der Waals surface area contributed by atoms with Gasteiger partial charge >= 0.3 is 11.8 Å². The maximum Gasteiger partial charge on any atom is 0.328 e. The molecule has 0 aliphatic carbocycles. The number of aromatic nitrogens is 1. The number of halogens is 4. The third-order valence-electron chi connectivity index (χ3n) is 5.02. The lowest BCUT2D eigenvalue weighted by Crippen LogP contribution is -2.36. The Morgan fingerprint density at radius 3 is 2.11 bits per heavy atom. The van der Waals surface area contributed by atoms with Gasteiger partial charge in [-0.05, 0) is 67.1 Å². The van der Waals surface area contributed by atoms with E-state index >= 15 is 0 Å². The van der Waals surface area contributed by atoms with Gasteiger partial charge in [-0.25, -0.2) is 4.68 Å². The molecule has 0 spiro atoms. The maximum absolute atomic E-state index is 13.1. The SMILES string of the molecule is Cc1ccc(NC(=O)C(=O)Nn2c(C(=O)Nc3ccc(Cl)c(Cl)c3)cc3cc(Cl)ccc32)cc1Cl. The molecule has 0 saturated carbocycles. The zero-order valence-corrected chi connectivity index (χ0v) is 21.0. The summed E-state index contributed by atoms with van der Waals surface area (Å²) in [7, 11) is 0. The standard InChI is InChI=1S/C24H16Cl4N4O3/c1-12-2-4-15(10-18(12)27)30-23(34)24(35)31-32-20-7-3-14(25)8-13(20)9-21(32)22(33)29-16-5-6-17(26)19(28)11-16/h2-11H,1H3,(H,29,33)(H,30,34)(H,31,35). The van der Waals surface area contributed by atoms with Crippen molar-refractivity contribution in [2.75, 3.05) is 16.1 Å². The summed E-state index contributed by atoms with van der Waals surface area (Å²) in [5, 5.41) is 7.22. The molecular formula is C24H16Cl4N4O3. The first-order valence-corrected chi connectivity index (χ1v) is 11.6. The molecule has 0 aliphatic rings. The molecule has 3 amide bonds. The molecular weight excluding hydrogens is 534 g/mol. The highest BCUT2D eigenvalue weighted by Crippen LogP contribution is 2.27. The van der Waals surface area contributed by atoms with Gasteiger partial charge in [0.2, 0.25) is 0 Å². The van der Waals surface area contributed by atoms with Crippen molar-refractivity contribution < 1.29 is 14.4 Å². The van der Waals surface area contributed by atoms with Gasteiger partial charge in [0.1, 0.15) is 5.69 Å². The van der Waals surface area contributed by atoms with Gasteiger partial charge in [-0.1, -0.05) is 52.5 Å². The molecule has 1 aromatic heterocycles. The van der Waals surface area contributed by atoms with Gasteiger partial charge in [0.25, 0.3) is 5.91 Å². The van der Waals surface area contributed by atoms with Crippen LogP contribution in [0.4, 0.5) is 11.4 Å². The van der Waals surface area contributed by atoms with Crippen LogP contribution in [0.1, 0.15) is 16.1 Å². The second kappa shape index (κ2) is 10.2. The Morgan fingerprint density at radius 1 is 0.714 bits per heavy atom. The molecule has 0 atom stereocenters. The first-order chi connectivity index (χ1) is 16.6. The summed E-state index contributed by atoms with van der Waals surface area (Å²) in [5.41, 5.74) is 4.53. The Kier molecular flexibility index (Phi) is 7.23. The number of benzene rings is 3. The van der Waals surface area contributed by atoms with E-state index in [1.165, 1.54) is 28.9 Å². The van der Waals surface area contributed by atoms with Crippen LogP contribution in [0.3, 0.4) is 0 Å². The van der Waals surface area contributed by atoms with Crippen LogP contribution in [0.2, 0.25) is 20.1 Å². The minimum Gasteiger partial charge on any atom is -0.321 e. The molecule has 4 rings (SSSR count). The molecule has 11 heteroatoms. The van der Waals surface area contributed by atoms with Crippen molar-refractivity contribution in [2.24, 2.45) is 0 Å². The number of carbonyl (C=O) groups is 3. The lowest BCUT2D eigenvalue weighted by Gasteiger charge is -2.13. The molecule has 0 fully saturated rings. The highest BCUT2D eigenvalue weighted by atomic mass is 35.5. The topological polar surface area (TPSA) is 92.2 Å². The fourth-order valence-electron chi connectivity index (χ4n) is 3.25. The Hall–Kier alpha value is -3.23. The minimum atomic E-state index is -1.00. The summed E-state index contributed by atoms with van der Waals surface area (Å²) in [6.45, 7) is 1.81. The minimum absolute atomic E-state index is 0.0490. The van der Waals surface area contributed by atoms with Crippen LogP contribution < -0.4 is 16.1 Å². The summed E-state index contributed by atoms with van der Waals surface area (Å²) in [5.74, 6) is -2.52. The maximum atomic E-state index is 13.1. The van der Waals surface area contributed by atoms with E-state index in [4.69, 9.17) is 46.4 Å². The molecule has 0 aliphatic heterocycles. The van der Waals surface area contributed by atoms with Gasteiger partial charge in [0.05, 0.1) is 15.6 Å². The molecule has 0 saturated heterocycles. The average Bonchev–Trinajstić information content (AvgIpc) is 3.16. The fourth-order valence-corrected chi connectivity index (χ4v) is 3.91. The van der Waals surface area contributed by atoms with Gasteiger partial charge in [-0.3, -0.25) is 19.8 Å². The number of carbonyl (C=O) groups excluding carboxylic acids is 3. The molecule has 0 unspecified atom stereocenters. The highest BCUT2D eigenvalue weighted by Gasteiger charge is 2.21. The molecule has 4 aromatic rings. The predicted octanol–water partition coefficient (Wildman–Crippen LogP) is 6.52. The van der Waals surface area contributed by atoms with Crippen molar-refractivity contribution >= 4 is 86.4 Å². The van der Waals surface area contributed by atoms with Crippen molar-refractivity contribution in [1.82, 2.24) is 4.68 Å².